The van der Waals surface area contributed by atoms with Crippen molar-refractivity contribution in [3.8, 4) is 0 Å². The second-order valence-electron chi connectivity index (χ2n) is 3.66. The molecule has 2 aromatic heterocycles. The molecule has 0 atom stereocenters. The predicted molar refractivity (Wildman–Crippen MR) is 62.5 cm³/mol. The van der Waals surface area contributed by atoms with Crippen molar-refractivity contribution >= 4 is 17.3 Å². The maximum Gasteiger partial charge on any atom is 0.356 e. The van der Waals surface area contributed by atoms with E-state index in [-0.39, 0.29) is 23.6 Å². The highest BCUT2D eigenvalue weighted by molar-refractivity contribution is 5.89. The highest BCUT2D eigenvalue weighted by Gasteiger charge is 2.22. The van der Waals surface area contributed by atoms with Crippen LogP contribution in [0.25, 0.3) is 5.65 Å². The molecule has 0 N–H and O–H groups in total. The van der Waals surface area contributed by atoms with E-state index in [1.54, 1.807) is 26.1 Å². The maximum atomic E-state index is 11.6. The van der Waals surface area contributed by atoms with Gasteiger partial charge < -0.3 is 4.74 Å². The standard InChI is InChI=1S/C11H11N3O4/c1-3-18-11(15)8-6-12-10-9(14(16)17)7(2)4-5-13(8)10/h4-6H,3H2,1-2H3. The molecule has 7 nitrogen and oxygen atoms in total. The average Bonchev–Trinajstić information content (AvgIpc) is 2.72. The summed E-state index contributed by atoms with van der Waals surface area (Å²) in [6.45, 7) is 3.55. The summed E-state index contributed by atoms with van der Waals surface area (Å²) >= 11 is 0. The number of carbonyl (C=O) groups excluding carboxylic acids is 1. The number of fused-ring (bicyclic) bond motifs is 1. The van der Waals surface area contributed by atoms with E-state index in [2.05, 4.69) is 4.98 Å². The lowest BCUT2D eigenvalue weighted by Gasteiger charge is -2.03. The Morgan fingerprint density at radius 2 is 2.33 bits per heavy atom. The smallest absolute Gasteiger partial charge is 0.356 e. The molecule has 0 aliphatic rings. The molecule has 2 aromatic rings. The van der Waals surface area contributed by atoms with Crippen molar-refractivity contribution in [3.05, 3.63) is 39.8 Å². The zero-order valence-corrected chi connectivity index (χ0v) is 9.91. The SMILES string of the molecule is CCOC(=O)c1cnc2c([N+](=O)[O-])c(C)ccn12. The van der Waals surface area contributed by atoms with Gasteiger partial charge in [0.2, 0.25) is 5.65 Å². The molecule has 2 rings (SSSR count). The molecule has 18 heavy (non-hydrogen) atoms. The number of nitro groups is 1. The molecular weight excluding hydrogens is 238 g/mol. The summed E-state index contributed by atoms with van der Waals surface area (Å²) < 4.78 is 6.22. The van der Waals surface area contributed by atoms with Gasteiger partial charge in [0.25, 0.3) is 0 Å². The predicted octanol–water partition coefficient (Wildman–Crippen LogP) is 1.73. The zero-order chi connectivity index (χ0) is 13.3. The first kappa shape index (κ1) is 12.0. The maximum absolute atomic E-state index is 11.6. The lowest BCUT2D eigenvalue weighted by molar-refractivity contribution is -0.384. The number of ether oxygens (including phenoxy) is 1. The van der Waals surface area contributed by atoms with Crippen LogP contribution < -0.4 is 0 Å². The van der Waals surface area contributed by atoms with E-state index in [4.69, 9.17) is 4.74 Å². The third-order valence-electron chi connectivity index (χ3n) is 2.52. The fourth-order valence-electron chi connectivity index (χ4n) is 1.71. The van der Waals surface area contributed by atoms with Crippen LogP contribution in [0.4, 0.5) is 5.69 Å². The normalized spacial score (nSPS) is 10.6. The summed E-state index contributed by atoms with van der Waals surface area (Å²) in [6.07, 6.45) is 2.84. The number of aromatic nitrogens is 2. The number of rotatable bonds is 3. The Hall–Kier alpha value is -2.44. The van der Waals surface area contributed by atoms with E-state index in [1.165, 1.54) is 10.6 Å². The van der Waals surface area contributed by atoms with E-state index >= 15 is 0 Å². The van der Waals surface area contributed by atoms with Crippen LogP contribution >= 0.6 is 0 Å². The van der Waals surface area contributed by atoms with E-state index in [0.29, 0.717) is 5.56 Å². The Balaban J connectivity index is 2.65. The average molecular weight is 249 g/mol. The van der Waals surface area contributed by atoms with Crippen LogP contribution in [0.15, 0.2) is 18.5 Å². The van der Waals surface area contributed by atoms with Crippen molar-refractivity contribution in [2.45, 2.75) is 13.8 Å². The molecule has 2 heterocycles. The molecule has 0 saturated heterocycles. The van der Waals surface area contributed by atoms with Crippen molar-refractivity contribution in [1.82, 2.24) is 9.38 Å². The van der Waals surface area contributed by atoms with Crippen molar-refractivity contribution in [2.24, 2.45) is 0 Å². The Labute approximate surface area is 102 Å². The summed E-state index contributed by atoms with van der Waals surface area (Å²) in [5.74, 6) is -0.553. The molecule has 0 spiro atoms. The van der Waals surface area contributed by atoms with E-state index in [1.807, 2.05) is 0 Å². The third kappa shape index (κ3) is 1.79. The molecule has 0 saturated carbocycles. The Bertz CT molecular complexity index is 632. The Morgan fingerprint density at radius 3 is 2.94 bits per heavy atom. The molecule has 0 fully saturated rings. The number of esters is 1. The molecule has 94 valence electrons. The van der Waals surface area contributed by atoms with Gasteiger partial charge in [0, 0.05) is 11.8 Å². The number of aryl methyl sites for hydroxylation is 1. The van der Waals surface area contributed by atoms with Crippen LogP contribution in [-0.2, 0) is 4.74 Å². The van der Waals surface area contributed by atoms with Crippen LogP contribution in [0.5, 0.6) is 0 Å². The zero-order valence-electron chi connectivity index (χ0n) is 9.91. The van der Waals surface area contributed by atoms with Gasteiger partial charge in [-0.1, -0.05) is 0 Å². The minimum absolute atomic E-state index is 0.104. The van der Waals surface area contributed by atoms with Gasteiger partial charge in [0.05, 0.1) is 17.7 Å². The van der Waals surface area contributed by atoms with Crippen LogP contribution in [0, 0.1) is 17.0 Å². The minimum Gasteiger partial charge on any atom is -0.461 e. The third-order valence-corrected chi connectivity index (χ3v) is 2.52. The quantitative estimate of drug-likeness (QED) is 0.469. The molecule has 0 aromatic carbocycles. The molecule has 0 unspecified atom stereocenters. The van der Waals surface area contributed by atoms with Gasteiger partial charge in [0.15, 0.2) is 5.69 Å². The molecule has 0 radical (unpaired) electrons. The summed E-state index contributed by atoms with van der Waals surface area (Å²) in [4.78, 5) is 26.0. The lowest BCUT2D eigenvalue weighted by atomic mass is 10.2. The molecule has 7 heteroatoms. The van der Waals surface area contributed by atoms with Crippen LogP contribution in [0.3, 0.4) is 0 Å². The molecule has 0 aliphatic carbocycles. The second-order valence-corrected chi connectivity index (χ2v) is 3.66. The highest BCUT2D eigenvalue weighted by atomic mass is 16.6. The van der Waals surface area contributed by atoms with Crippen molar-refractivity contribution in [1.29, 1.82) is 0 Å². The monoisotopic (exact) mass is 249 g/mol. The summed E-state index contributed by atoms with van der Waals surface area (Å²) in [5, 5.41) is 11.0. The fraction of sp³-hybridized carbons (Fsp3) is 0.273. The molecular formula is C11H11N3O4. The van der Waals surface area contributed by atoms with E-state index in [0.717, 1.165) is 0 Å². The Morgan fingerprint density at radius 1 is 1.61 bits per heavy atom. The summed E-state index contributed by atoms with van der Waals surface area (Å²) in [5.41, 5.74) is 0.708. The number of pyridine rings is 1. The van der Waals surface area contributed by atoms with Gasteiger partial charge in [-0.3, -0.25) is 14.5 Å². The number of nitrogens with zero attached hydrogens (tertiary/aromatic N) is 3. The highest BCUT2D eigenvalue weighted by Crippen LogP contribution is 2.24. The fourth-order valence-corrected chi connectivity index (χ4v) is 1.71. The van der Waals surface area contributed by atoms with Gasteiger partial charge in [-0.2, -0.15) is 0 Å². The topological polar surface area (TPSA) is 86.7 Å². The largest absolute Gasteiger partial charge is 0.461 e. The first-order valence-electron chi connectivity index (χ1n) is 5.34. The molecule has 0 bridgehead atoms. The first-order valence-corrected chi connectivity index (χ1v) is 5.34. The Kier molecular flexibility index (Phi) is 2.97. The van der Waals surface area contributed by atoms with Crippen LogP contribution in [-0.4, -0.2) is 26.9 Å². The number of hydrogen-bond donors (Lipinski definition) is 0. The van der Waals surface area contributed by atoms with Crippen molar-refractivity contribution in [2.75, 3.05) is 6.61 Å². The van der Waals surface area contributed by atoms with Crippen molar-refractivity contribution in [3.63, 3.8) is 0 Å². The van der Waals surface area contributed by atoms with Gasteiger partial charge in [-0.15, -0.1) is 0 Å². The lowest BCUT2D eigenvalue weighted by Crippen LogP contribution is -2.08. The number of imidazole rings is 1. The van der Waals surface area contributed by atoms with Crippen LogP contribution in [0.2, 0.25) is 0 Å². The second kappa shape index (κ2) is 4.44. The van der Waals surface area contributed by atoms with Gasteiger partial charge in [-0.25, -0.2) is 9.78 Å². The van der Waals surface area contributed by atoms with E-state index in [9.17, 15) is 14.9 Å². The van der Waals surface area contributed by atoms with Gasteiger partial charge in [0.1, 0.15) is 0 Å². The van der Waals surface area contributed by atoms with Crippen molar-refractivity contribution < 1.29 is 14.5 Å². The van der Waals surface area contributed by atoms with Gasteiger partial charge in [-0.05, 0) is 19.9 Å². The number of hydrogen-bond acceptors (Lipinski definition) is 5. The van der Waals surface area contributed by atoms with Gasteiger partial charge >= 0.3 is 11.7 Å². The van der Waals surface area contributed by atoms with Crippen LogP contribution in [0.1, 0.15) is 23.0 Å². The molecule has 0 aliphatic heterocycles. The van der Waals surface area contributed by atoms with E-state index < -0.39 is 10.9 Å². The summed E-state index contributed by atoms with van der Waals surface area (Å²) in [6, 6.07) is 1.57. The first-order chi connectivity index (χ1) is 8.56. The number of carbonyl (C=O) groups is 1. The molecule has 0 amide bonds. The summed E-state index contributed by atoms with van der Waals surface area (Å²) in [7, 11) is 0. The minimum atomic E-state index is -0.553.